The summed E-state index contributed by atoms with van der Waals surface area (Å²) in [6, 6.07) is 4.04. The number of carbonyl (C=O) groups is 8. The van der Waals surface area contributed by atoms with Crippen LogP contribution in [0.15, 0.2) is 60.7 Å². The number of amides is 8. The number of anilines is 1. The average Bonchev–Trinajstić information content (AvgIpc) is 3.62. The molecule has 0 saturated carbocycles. The second-order valence-corrected chi connectivity index (χ2v) is 17.5. The van der Waals surface area contributed by atoms with Gasteiger partial charge >= 0.3 is 12.1 Å². The lowest BCUT2D eigenvalue weighted by Crippen LogP contribution is -2.54. The summed E-state index contributed by atoms with van der Waals surface area (Å²) in [7, 11) is 0. The summed E-state index contributed by atoms with van der Waals surface area (Å²) >= 11 is 0. The quantitative estimate of drug-likeness (QED) is 0.0218. The van der Waals surface area contributed by atoms with E-state index in [1.165, 1.54) is 18.6 Å². The van der Waals surface area contributed by atoms with E-state index in [1.54, 1.807) is 38.1 Å². The number of primary amides is 1. The van der Waals surface area contributed by atoms with Gasteiger partial charge in [-0.3, -0.25) is 33.7 Å². The molecule has 1 aliphatic rings. The summed E-state index contributed by atoms with van der Waals surface area (Å²) < 4.78 is 5.36. The molecule has 3 atom stereocenters. The molecule has 0 aromatic heterocycles. The topological polar surface area (TPSA) is 235 Å². The van der Waals surface area contributed by atoms with Crippen molar-refractivity contribution in [2.45, 2.75) is 168 Å². The maximum atomic E-state index is 13.6. The second-order valence-electron chi connectivity index (χ2n) is 17.5. The summed E-state index contributed by atoms with van der Waals surface area (Å²) in [5, 5.41) is 13.5. The fourth-order valence-electron chi connectivity index (χ4n) is 7.47. The Morgan fingerprint density at radius 3 is 2.03 bits per heavy atom. The zero-order valence-corrected chi connectivity index (χ0v) is 40.5. The van der Waals surface area contributed by atoms with E-state index >= 15 is 0 Å². The summed E-state index contributed by atoms with van der Waals surface area (Å²) in [5.41, 5.74) is 6.34. The number of benzene rings is 1. The van der Waals surface area contributed by atoms with Crippen LogP contribution in [0.5, 0.6) is 0 Å². The Balaban J connectivity index is 1.89. The molecule has 0 spiro atoms. The Morgan fingerprint density at radius 1 is 0.716 bits per heavy atom. The van der Waals surface area contributed by atoms with E-state index in [2.05, 4.69) is 64.7 Å². The minimum Gasteiger partial charge on any atom is -0.442 e. The minimum atomic E-state index is -1.03. The van der Waals surface area contributed by atoms with Crippen molar-refractivity contribution in [2.75, 3.05) is 25.0 Å². The van der Waals surface area contributed by atoms with Crippen molar-refractivity contribution in [1.82, 2.24) is 26.2 Å². The van der Waals surface area contributed by atoms with Crippen LogP contribution in [0.3, 0.4) is 0 Å². The van der Waals surface area contributed by atoms with Gasteiger partial charge in [0.05, 0.1) is 0 Å². The number of Topliss-reactive ketones (excluding diaryl/α,β-unsaturated/α-hetero) is 1. The van der Waals surface area contributed by atoms with Crippen LogP contribution in [-0.2, 0) is 40.0 Å². The van der Waals surface area contributed by atoms with E-state index in [0.29, 0.717) is 36.9 Å². The molecule has 8 amide bonds. The Labute approximate surface area is 398 Å². The number of nitrogens with zero attached hydrogens (tertiary/aromatic N) is 1. The smallest absolute Gasteiger partial charge is 0.407 e. The number of imide groups is 1. The number of rotatable bonds is 36. The van der Waals surface area contributed by atoms with Crippen LogP contribution < -0.4 is 32.3 Å². The number of urea groups is 1. The third-order valence-corrected chi connectivity index (χ3v) is 11.4. The first-order valence-electron chi connectivity index (χ1n) is 24.5. The number of ketones is 1. The lowest BCUT2D eigenvalue weighted by Gasteiger charge is -2.25. The van der Waals surface area contributed by atoms with Crippen molar-refractivity contribution >= 4 is 53.1 Å². The molecule has 372 valence electrons. The number of allylic oxidation sites excluding steroid dienone is 4. The van der Waals surface area contributed by atoms with Gasteiger partial charge in [-0.25, -0.2) is 9.59 Å². The first kappa shape index (κ1) is 57.3. The third kappa shape index (κ3) is 25.6. The first-order chi connectivity index (χ1) is 32.2. The molecule has 1 aromatic carbocycles. The van der Waals surface area contributed by atoms with Crippen LogP contribution in [0.4, 0.5) is 15.3 Å². The monoisotopic (exact) mass is 934 g/mol. The van der Waals surface area contributed by atoms with Gasteiger partial charge in [0.15, 0.2) is 12.4 Å². The average molecular weight is 934 g/mol. The van der Waals surface area contributed by atoms with Crippen LogP contribution in [0.2, 0.25) is 0 Å². The Hall–Kier alpha value is -5.80. The molecule has 3 unspecified atom stereocenters. The number of alkyl carbamates (subject to hydrolysis) is 1. The fourth-order valence-corrected chi connectivity index (χ4v) is 7.47. The number of carbonyl (C=O) groups excluding carboxylic acids is 8. The van der Waals surface area contributed by atoms with E-state index in [9.17, 15) is 38.4 Å². The Bertz CT molecular complexity index is 1780. The lowest BCUT2D eigenvalue weighted by atomic mass is 9.91. The molecule has 0 aliphatic carbocycles. The van der Waals surface area contributed by atoms with Crippen LogP contribution in [0.1, 0.15) is 155 Å². The highest BCUT2D eigenvalue weighted by molar-refractivity contribution is 6.12. The first-order valence-corrected chi connectivity index (χ1v) is 24.5. The van der Waals surface area contributed by atoms with Gasteiger partial charge < -0.3 is 37.1 Å². The molecular formula is C51H79N7O9. The van der Waals surface area contributed by atoms with Crippen molar-refractivity contribution < 1.29 is 43.1 Å². The van der Waals surface area contributed by atoms with Gasteiger partial charge in [-0.1, -0.05) is 115 Å². The molecule has 1 aliphatic heterocycles. The molecule has 16 heteroatoms. The highest BCUT2D eigenvalue weighted by Gasteiger charge is 2.29. The molecule has 2 rings (SSSR count). The number of hydrogen-bond donors (Lipinski definition) is 6. The summed E-state index contributed by atoms with van der Waals surface area (Å²) in [6.07, 6.45) is 26.0. The van der Waals surface area contributed by atoms with E-state index in [-0.39, 0.29) is 74.4 Å². The molecular weight excluding hydrogens is 855 g/mol. The normalized spacial score (nSPS) is 13.8. The largest absolute Gasteiger partial charge is 0.442 e. The summed E-state index contributed by atoms with van der Waals surface area (Å²) in [4.78, 5) is 102. The maximum absolute atomic E-state index is 13.6. The number of nitrogens with two attached hydrogens (primary N) is 1. The lowest BCUT2D eigenvalue weighted by molar-refractivity contribution is -0.137. The number of unbranched alkanes of at least 4 members (excludes halogenated alkanes) is 9. The van der Waals surface area contributed by atoms with Gasteiger partial charge in [-0.05, 0) is 87.8 Å². The highest BCUT2D eigenvalue weighted by Crippen LogP contribution is 2.21. The van der Waals surface area contributed by atoms with Crippen molar-refractivity contribution in [1.29, 1.82) is 0 Å². The number of hydrogen-bond acceptors (Lipinski definition) is 9. The SMILES string of the molecule is CCC=CCC=CCCCCCC(CCCCCCC)C(=O)COC(=O)NCc1ccc(NC(=O)C(CCCNC(N)=O)NC(=O)C(NC(=O)CCCCCN2C(=O)C=CC2=O)C(C)C)cc1. The maximum Gasteiger partial charge on any atom is 0.407 e. The Morgan fingerprint density at radius 2 is 1.37 bits per heavy atom. The van der Waals surface area contributed by atoms with Crippen LogP contribution in [0, 0.1) is 11.8 Å². The molecule has 0 saturated heterocycles. The van der Waals surface area contributed by atoms with Gasteiger partial charge in [0.2, 0.25) is 17.7 Å². The molecule has 0 bridgehead atoms. The zero-order chi connectivity index (χ0) is 49.2. The Kier molecular flexibility index (Phi) is 29.5. The van der Waals surface area contributed by atoms with Crippen LogP contribution in [-0.4, -0.2) is 84.1 Å². The van der Waals surface area contributed by atoms with Crippen molar-refractivity contribution in [2.24, 2.45) is 17.6 Å². The molecule has 16 nitrogen and oxygen atoms in total. The number of nitrogens with one attached hydrogen (secondary N) is 5. The van der Waals surface area contributed by atoms with E-state index in [0.717, 1.165) is 81.9 Å². The zero-order valence-electron chi connectivity index (χ0n) is 40.5. The van der Waals surface area contributed by atoms with Crippen LogP contribution in [0.25, 0.3) is 0 Å². The fraction of sp³-hybridized carbons (Fsp3) is 0.608. The van der Waals surface area contributed by atoms with Crippen molar-refractivity contribution in [3.8, 4) is 0 Å². The summed E-state index contributed by atoms with van der Waals surface area (Å²) in [6.45, 7) is 8.12. The van der Waals surface area contributed by atoms with E-state index in [4.69, 9.17) is 10.5 Å². The number of ether oxygens (including phenoxy) is 1. The van der Waals surface area contributed by atoms with Gasteiger partial charge in [-0.2, -0.15) is 0 Å². The predicted octanol–water partition coefficient (Wildman–Crippen LogP) is 7.82. The standard InChI is InChI=1S/C51H79N7O9/c1-5-7-9-11-12-13-14-15-17-20-25-40(24-19-16-10-8-6-2)43(59)37-67-51(66)54-36-39-28-30-41(31-29-39)55-48(63)42(26-23-34-53-50(52)65)56-49(64)47(38(3)4)57-44(60)27-21-18-22-35-58-45(61)32-33-46(58)62/h7,9,12-13,28-33,38,40,42,47H,5-6,8,10-11,14-27,34-37H2,1-4H3,(H,54,66)(H,55,63)(H,56,64)(H,57,60)(H3,52,53,65). The predicted molar refractivity (Wildman–Crippen MR) is 261 cm³/mol. The van der Waals surface area contributed by atoms with E-state index in [1.807, 2.05) is 0 Å². The molecule has 1 aromatic rings. The van der Waals surface area contributed by atoms with Gasteiger partial charge in [0, 0.05) is 49.8 Å². The van der Waals surface area contributed by atoms with Gasteiger partial charge in [0.25, 0.3) is 11.8 Å². The van der Waals surface area contributed by atoms with Crippen LogP contribution >= 0.6 is 0 Å². The molecule has 0 radical (unpaired) electrons. The molecule has 0 fully saturated rings. The van der Waals surface area contributed by atoms with Crippen molar-refractivity contribution in [3.05, 3.63) is 66.3 Å². The molecule has 1 heterocycles. The van der Waals surface area contributed by atoms with Gasteiger partial charge in [0.1, 0.15) is 12.1 Å². The molecule has 67 heavy (non-hydrogen) atoms. The third-order valence-electron chi connectivity index (χ3n) is 11.4. The molecule has 7 N–H and O–H groups in total. The van der Waals surface area contributed by atoms with E-state index < -0.39 is 36.0 Å². The van der Waals surface area contributed by atoms with Gasteiger partial charge in [-0.15, -0.1) is 0 Å². The van der Waals surface area contributed by atoms with Crippen molar-refractivity contribution in [3.63, 3.8) is 0 Å². The second kappa shape index (κ2) is 34.5. The highest BCUT2D eigenvalue weighted by atomic mass is 16.6. The summed E-state index contributed by atoms with van der Waals surface area (Å²) in [5.74, 6) is -2.63. The minimum absolute atomic E-state index is 0.0499.